The largest absolute Gasteiger partial charge is 0.287 e. The van der Waals surface area contributed by atoms with Crippen molar-refractivity contribution in [1.29, 1.82) is 0 Å². The molecule has 0 saturated heterocycles. The van der Waals surface area contributed by atoms with E-state index < -0.39 is 0 Å². The predicted octanol–water partition coefficient (Wildman–Crippen LogP) is 3.76. The zero-order chi connectivity index (χ0) is 14.8. The van der Waals surface area contributed by atoms with Gasteiger partial charge in [0, 0.05) is 10.9 Å². The molecule has 0 aliphatic carbocycles. The lowest BCUT2D eigenvalue weighted by Crippen LogP contribution is -2.05. The number of para-hydroxylation sites is 1. The van der Waals surface area contributed by atoms with Gasteiger partial charge in [0.05, 0.1) is 12.1 Å². The second-order valence-electron chi connectivity index (χ2n) is 5.03. The SMILES string of the molecule is C=CCn1nc(C(=O)c2ccc(C)cc2)c2ccccc21. The molecule has 2 aromatic carbocycles. The Kier molecular flexibility index (Phi) is 3.40. The molecule has 3 rings (SSSR count). The van der Waals surface area contributed by atoms with Crippen molar-refractivity contribution in [2.45, 2.75) is 13.5 Å². The zero-order valence-electron chi connectivity index (χ0n) is 11.9. The van der Waals surface area contributed by atoms with E-state index in [-0.39, 0.29) is 5.78 Å². The first-order chi connectivity index (χ1) is 10.2. The lowest BCUT2D eigenvalue weighted by Gasteiger charge is -1.99. The monoisotopic (exact) mass is 276 g/mol. The van der Waals surface area contributed by atoms with Crippen LogP contribution >= 0.6 is 0 Å². The van der Waals surface area contributed by atoms with Crippen molar-refractivity contribution < 1.29 is 4.79 Å². The van der Waals surface area contributed by atoms with Crippen molar-refractivity contribution in [1.82, 2.24) is 9.78 Å². The Bertz CT molecular complexity index is 813. The number of carbonyl (C=O) groups excluding carboxylic acids is 1. The van der Waals surface area contributed by atoms with Gasteiger partial charge in [0.1, 0.15) is 5.69 Å². The van der Waals surface area contributed by atoms with E-state index >= 15 is 0 Å². The molecule has 3 nitrogen and oxygen atoms in total. The number of carbonyl (C=O) groups is 1. The Hall–Kier alpha value is -2.68. The Morgan fingerprint density at radius 1 is 1.19 bits per heavy atom. The summed E-state index contributed by atoms with van der Waals surface area (Å²) in [6, 6.07) is 15.4. The Morgan fingerprint density at radius 3 is 2.62 bits per heavy atom. The number of fused-ring (bicyclic) bond motifs is 1. The maximum absolute atomic E-state index is 12.7. The lowest BCUT2D eigenvalue weighted by atomic mass is 10.0. The van der Waals surface area contributed by atoms with Gasteiger partial charge in [0.25, 0.3) is 0 Å². The molecular weight excluding hydrogens is 260 g/mol. The Balaban J connectivity index is 2.13. The minimum Gasteiger partial charge on any atom is -0.287 e. The van der Waals surface area contributed by atoms with E-state index in [4.69, 9.17) is 0 Å². The topological polar surface area (TPSA) is 34.9 Å². The number of aryl methyl sites for hydroxylation is 1. The first-order valence-corrected chi connectivity index (χ1v) is 6.88. The molecule has 0 fully saturated rings. The van der Waals surface area contributed by atoms with Gasteiger partial charge in [-0.15, -0.1) is 6.58 Å². The van der Waals surface area contributed by atoms with Gasteiger partial charge >= 0.3 is 0 Å². The van der Waals surface area contributed by atoms with Crippen molar-refractivity contribution in [3.05, 3.63) is 78.0 Å². The number of aromatic nitrogens is 2. The van der Waals surface area contributed by atoms with Crippen LogP contribution in [-0.2, 0) is 6.54 Å². The summed E-state index contributed by atoms with van der Waals surface area (Å²) in [7, 11) is 0. The molecule has 0 unspecified atom stereocenters. The van der Waals surface area contributed by atoms with E-state index in [2.05, 4.69) is 11.7 Å². The summed E-state index contributed by atoms with van der Waals surface area (Å²) in [5.74, 6) is -0.0472. The molecule has 0 spiro atoms. The molecule has 0 N–H and O–H groups in total. The van der Waals surface area contributed by atoms with E-state index in [0.29, 0.717) is 17.8 Å². The first-order valence-electron chi connectivity index (χ1n) is 6.88. The van der Waals surface area contributed by atoms with Crippen LogP contribution in [0, 0.1) is 6.92 Å². The average Bonchev–Trinajstić information content (AvgIpc) is 2.87. The molecule has 21 heavy (non-hydrogen) atoms. The Morgan fingerprint density at radius 2 is 1.90 bits per heavy atom. The lowest BCUT2D eigenvalue weighted by molar-refractivity contribution is 0.103. The van der Waals surface area contributed by atoms with Crippen LogP contribution in [-0.4, -0.2) is 15.6 Å². The maximum Gasteiger partial charge on any atom is 0.213 e. The van der Waals surface area contributed by atoms with Crippen molar-refractivity contribution in [3.63, 3.8) is 0 Å². The third-order valence-electron chi connectivity index (χ3n) is 3.49. The fourth-order valence-electron chi connectivity index (χ4n) is 2.40. The molecule has 3 heteroatoms. The number of nitrogens with zero attached hydrogens (tertiary/aromatic N) is 2. The second-order valence-corrected chi connectivity index (χ2v) is 5.03. The number of ketones is 1. The van der Waals surface area contributed by atoms with Gasteiger partial charge < -0.3 is 0 Å². The highest BCUT2D eigenvalue weighted by molar-refractivity contribution is 6.14. The number of benzene rings is 2. The molecule has 0 aliphatic heterocycles. The van der Waals surface area contributed by atoms with Gasteiger partial charge in [-0.3, -0.25) is 9.48 Å². The van der Waals surface area contributed by atoms with E-state index in [9.17, 15) is 4.79 Å². The number of allylic oxidation sites excluding steroid dienone is 1. The van der Waals surface area contributed by atoms with E-state index in [1.165, 1.54) is 0 Å². The summed E-state index contributed by atoms with van der Waals surface area (Å²) in [6.07, 6.45) is 1.78. The van der Waals surface area contributed by atoms with Gasteiger partial charge in [-0.25, -0.2) is 0 Å². The molecule has 0 saturated carbocycles. The van der Waals surface area contributed by atoms with Gasteiger partial charge in [-0.2, -0.15) is 5.10 Å². The standard InChI is InChI=1S/C18H16N2O/c1-3-12-20-16-7-5-4-6-15(16)17(19-20)18(21)14-10-8-13(2)9-11-14/h3-11H,1,12H2,2H3. The summed E-state index contributed by atoms with van der Waals surface area (Å²) < 4.78 is 1.81. The van der Waals surface area contributed by atoms with Crippen molar-refractivity contribution >= 4 is 16.7 Å². The molecule has 0 atom stereocenters. The van der Waals surface area contributed by atoms with E-state index in [1.54, 1.807) is 6.08 Å². The number of rotatable bonds is 4. The minimum atomic E-state index is -0.0472. The molecule has 1 aromatic heterocycles. The summed E-state index contributed by atoms with van der Waals surface area (Å²) in [5, 5.41) is 5.35. The number of hydrogen-bond acceptors (Lipinski definition) is 2. The first kappa shape index (κ1) is 13.3. The van der Waals surface area contributed by atoms with E-state index in [0.717, 1.165) is 16.5 Å². The van der Waals surface area contributed by atoms with Crippen molar-refractivity contribution in [2.75, 3.05) is 0 Å². The van der Waals surface area contributed by atoms with Crippen LogP contribution in [0.2, 0.25) is 0 Å². The van der Waals surface area contributed by atoms with Crippen molar-refractivity contribution in [2.24, 2.45) is 0 Å². The second kappa shape index (κ2) is 5.37. The summed E-state index contributed by atoms with van der Waals surface area (Å²) in [6.45, 7) is 6.33. The van der Waals surface area contributed by atoms with Crippen LogP contribution < -0.4 is 0 Å². The smallest absolute Gasteiger partial charge is 0.213 e. The Labute approximate surface area is 123 Å². The summed E-state index contributed by atoms with van der Waals surface area (Å²) in [5.41, 5.74) is 3.24. The van der Waals surface area contributed by atoms with Crippen LogP contribution in [0.3, 0.4) is 0 Å². The average molecular weight is 276 g/mol. The van der Waals surface area contributed by atoms with Crippen LogP contribution in [0.1, 0.15) is 21.6 Å². The highest BCUT2D eigenvalue weighted by Crippen LogP contribution is 2.21. The summed E-state index contributed by atoms with van der Waals surface area (Å²) in [4.78, 5) is 12.7. The molecule has 1 heterocycles. The molecule has 3 aromatic rings. The zero-order valence-corrected chi connectivity index (χ0v) is 11.9. The molecule has 104 valence electrons. The van der Waals surface area contributed by atoms with Gasteiger partial charge in [-0.05, 0) is 13.0 Å². The third-order valence-corrected chi connectivity index (χ3v) is 3.49. The fraction of sp³-hybridized carbons (Fsp3) is 0.111. The van der Waals surface area contributed by atoms with Crippen LogP contribution in [0.5, 0.6) is 0 Å². The normalized spacial score (nSPS) is 10.7. The predicted molar refractivity (Wildman–Crippen MR) is 84.5 cm³/mol. The van der Waals surface area contributed by atoms with E-state index in [1.807, 2.05) is 60.1 Å². The van der Waals surface area contributed by atoms with Gasteiger partial charge in [0.2, 0.25) is 5.78 Å². The third kappa shape index (κ3) is 2.38. The van der Waals surface area contributed by atoms with Crippen LogP contribution in [0.4, 0.5) is 0 Å². The quantitative estimate of drug-likeness (QED) is 0.537. The highest BCUT2D eigenvalue weighted by Gasteiger charge is 2.17. The number of hydrogen-bond donors (Lipinski definition) is 0. The van der Waals surface area contributed by atoms with Gasteiger partial charge in [-0.1, -0.05) is 54.1 Å². The van der Waals surface area contributed by atoms with Gasteiger partial charge in [0.15, 0.2) is 0 Å². The molecule has 0 bridgehead atoms. The minimum absolute atomic E-state index is 0.0472. The van der Waals surface area contributed by atoms with Crippen LogP contribution in [0.15, 0.2) is 61.2 Å². The molecule has 0 radical (unpaired) electrons. The fourth-order valence-corrected chi connectivity index (χ4v) is 2.40. The van der Waals surface area contributed by atoms with Crippen molar-refractivity contribution in [3.8, 4) is 0 Å². The molecule has 0 aliphatic rings. The van der Waals surface area contributed by atoms with Crippen LogP contribution in [0.25, 0.3) is 10.9 Å². The molecular formula is C18H16N2O. The highest BCUT2D eigenvalue weighted by atomic mass is 16.1. The maximum atomic E-state index is 12.7. The summed E-state index contributed by atoms with van der Waals surface area (Å²) >= 11 is 0. The molecule has 0 amide bonds.